The van der Waals surface area contributed by atoms with Gasteiger partial charge in [0.15, 0.2) is 5.13 Å². The minimum absolute atomic E-state index is 0.0184. The number of aliphatic hydroxyl groups excluding tert-OH is 1. The molecule has 4 rings (SSSR count). The number of aliphatic hydroxyl groups is 1. The Labute approximate surface area is 189 Å². The molecule has 1 aromatic heterocycles. The van der Waals surface area contributed by atoms with Gasteiger partial charge in [-0.05, 0) is 44.2 Å². The summed E-state index contributed by atoms with van der Waals surface area (Å²) in [7, 11) is 3.06. The minimum atomic E-state index is -0.891. The SMILES string of the molecule is COc1ccc(C(O)=C2C(=O)C(=O)N(c3nc(C)c(C)s3)[C@@H]2c2ccccc2OC)cc1. The predicted molar refractivity (Wildman–Crippen MR) is 122 cm³/mol. The molecule has 1 aliphatic heterocycles. The van der Waals surface area contributed by atoms with Crippen LogP contribution in [-0.4, -0.2) is 36.0 Å². The average molecular weight is 451 g/mol. The standard InChI is InChI=1S/C24H22N2O5S/c1-13-14(2)32-24(25-13)26-20(17-7-5-6-8-18(17)31-4)19(22(28)23(26)29)21(27)15-9-11-16(30-3)12-10-15/h5-12,20,27H,1-4H3/t20-/m1/s1. The van der Waals surface area contributed by atoms with Gasteiger partial charge >= 0.3 is 5.91 Å². The minimum Gasteiger partial charge on any atom is -0.507 e. The largest absolute Gasteiger partial charge is 0.507 e. The summed E-state index contributed by atoms with van der Waals surface area (Å²) in [5.41, 5.74) is 1.74. The molecule has 1 N–H and O–H groups in total. The number of benzene rings is 2. The van der Waals surface area contributed by atoms with Crippen LogP contribution in [0.1, 0.15) is 27.7 Å². The maximum absolute atomic E-state index is 13.2. The number of nitrogens with zero attached hydrogens (tertiary/aromatic N) is 2. The number of hydrogen-bond acceptors (Lipinski definition) is 7. The summed E-state index contributed by atoms with van der Waals surface area (Å²) in [6.07, 6.45) is 0. The van der Waals surface area contributed by atoms with Crippen molar-refractivity contribution in [2.24, 2.45) is 0 Å². The zero-order valence-electron chi connectivity index (χ0n) is 18.1. The maximum atomic E-state index is 13.2. The number of hydrogen-bond donors (Lipinski definition) is 1. The monoisotopic (exact) mass is 450 g/mol. The molecule has 32 heavy (non-hydrogen) atoms. The number of carbonyl (C=O) groups excluding carboxylic acids is 2. The van der Waals surface area contributed by atoms with Crippen molar-refractivity contribution in [2.75, 3.05) is 19.1 Å². The summed E-state index contributed by atoms with van der Waals surface area (Å²) in [6.45, 7) is 3.75. The first-order valence-corrected chi connectivity index (χ1v) is 10.7. The highest BCUT2D eigenvalue weighted by atomic mass is 32.1. The van der Waals surface area contributed by atoms with E-state index < -0.39 is 17.7 Å². The molecule has 1 saturated heterocycles. The second-order valence-corrected chi connectivity index (χ2v) is 8.46. The lowest BCUT2D eigenvalue weighted by Gasteiger charge is -2.24. The topological polar surface area (TPSA) is 89.0 Å². The van der Waals surface area contributed by atoms with Gasteiger partial charge in [-0.2, -0.15) is 0 Å². The van der Waals surface area contributed by atoms with Crippen LogP contribution in [0.2, 0.25) is 0 Å². The molecule has 8 heteroatoms. The lowest BCUT2D eigenvalue weighted by molar-refractivity contribution is -0.132. The Morgan fingerprint density at radius 3 is 2.31 bits per heavy atom. The molecule has 1 aliphatic rings. The van der Waals surface area contributed by atoms with E-state index in [9.17, 15) is 14.7 Å². The second-order valence-electron chi connectivity index (χ2n) is 7.28. The number of rotatable bonds is 5. The normalized spacial score (nSPS) is 17.6. The zero-order valence-corrected chi connectivity index (χ0v) is 18.9. The van der Waals surface area contributed by atoms with Crippen LogP contribution in [0.25, 0.3) is 5.76 Å². The third-order valence-electron chi connectivity index (χ3n) is 5.46. The van der Waals surface area contributed by atoms with Crippen LogP contribution in [0, 0.1) is 13.8 Å². The number of ether oxygens (including phenoxy) is 2. The van der Waals surface area contributed by atoms with Gasteiger partial charge in [-0.15, -0.1) is 11.3 Å². The molecule has 0 radical (unpaired) electrons. The lowest BCUT2D eigenvalue weighted by Crippen LogP contribution is -2.29. The lowest BCUT2D eigenvalue weighted by atomic mass is 9.94. The number of amides is 1. The van der Waals surface area contributed by atoms with E-state index in [1.165, 1.54) is 23.3 Å². The number of para-hydroxylation sites is 1. The number of anilines is 1. The Morgan fingerprint density at radius 2 is 1.72 bits per heavy atom. The summed E-state index contributed by atoms with van der Waals surface area (Å²) in [6, 6.07) is 12.9. The molecular weight excluding hydrogens is 428 g/mol. The number of aryl methyl sites for hydroxylation is 2. The van der Waals surface area contributed by atoms with E-state index in [1.807, 2.05) is 13.8 Å². The smallest absolute Gasteiger partial charge is 0.301 e. The summed E-state index contributed by atoms with van der Waals surface area (Å²) in [5, 5.41) is 11.6. The Hall–Kier alpha value is -3.65. The number of aromatic nitrogens is 1. The van der Waals surface area contributed by atoms with Gasteiger partial charge in [0, 0.05) is 16.0 Å². The highest BCUT2D eigenvalue weighted by Crippen LogP contribution is 2.46. The molecule has 164 valence electrons. The van der Waals surface area contributed by atoms with Gasteiger partial charge in [-0.3, -0.25) is 14.5 Å². The van der Waals surface area contributed by atoms with Crippen molar-refractivity contribution in [3.63, 3.8) is 0 Å². The molecule has 0 spiro atoms. The van der Waals surface area contributed by atoms with Crippen molar-refractivity contribution in [1.82, 2.24) is 4.98 Å². The van der Waals surface area contributed by atoms with Crippen molar-refractivity contribution in [3.05, 3.63) is 75.8 Å². The molecule has 1 amide bonds. The highest BCUT2D eigenvalue weighted by molar-refractivity contribution is 7.16. The van der Waals surface area contributed by atoms with Crippen molar-refractivity contribution in [3.8, 4) is 11.5 Å². The first-order valence-electron chi connectivity index (χ1n) is 9.89. The van der Waals surface area contributed by atoms with Crippen LogP contribution in [0.4, 0.5) is 5.13 Å². The molecule has 0 saturated carbocycles. The van der Waals surface area contributed by atoms with Gasteiger partial charge in [-0.1, -0.05) is 18.2 Å². The quantitative estimate of drug-likeness (QED) is 0.352. The summed E-state index contributed by atoms with van der Waals surface area (Å²) < 4.78 is 10.7. The molecule has 2 aromatic carbocycles. The first-order chi connectivity index (χ1) is 15.4. The highest BCUT2D eigenvalue weighted by Gasteiger charge is 2.49. The fraction of sp³-hybridized carbons (Fsp3) is 0.208. The average Bonchev–Trinajstić information content (AvgIpc) is 3.28. The first kappa shape index (κ1) is 21.6. The summed E-state index contributed by atoms with van der Waals surface area (Å²) >= 11 is 1.32. The van der Waals surface area contributed by atoms with Gasteiger partial charge < -0.3 is 14.6 Å². The van der Waals surface area contributed by atoms with E-state index in [2.05, 4.69) is 4.98 Å². The number of ketones is 1. The van der Waals surface area contributed by atoms with Gasteiger partial charge in [-0.25, -0.2) is 4.98 Å². The fourth-order valence-corrected chi connectivity index (χ4v) is 4.62. The van der Waals surface area contributed by atoms with Crippen molar-refractivity contribution in [2.45, 2.75) is 19.9 Å². The number of carbonyl (C=O) groups is 2. The third-order valence-corrected chi connectivity index (χ3v) is 6.54. The molecule has 3 aromatic rings. The molecule has 0 unspecified atom stereocenters. The van der Waals surface area contributed by atoms with E-state index in [4.69, 9.17) is 9.47 Å². The van der Waals surface area contributed by atoms with E-state index in [1.54, 1.807) is 55.6 Å². The third kappa shape index (κ3) is 3.52. The van der Waals surface area contributed by atoms with Gasteiger partial charge in [0.05, 0.1) is 25.5 Å². The van der Waals surface area contributed by atoms with Crippen LogP contribution >= 0.6 is 11.3 Å². The zero-order chi connectivity index (χ0) is 23.0. The number of Topliss-reactive ketones (excluding diaryl/α,β-unsaturated/α-hetero) is 1. The summed E-state index contributed by atoms with van der Waals surface area (Å²) in [4.78, 5) is 33.2. The molecule has 7 nitrogen and oxygen atoms in total. The van der Waals surface area contributed by atoms with Gasteiger partial charge in [0.1, 0.15) is 23.3 Å². The van der Waals surface area contributed by atoms with Crippen LogP contribution in [0.15, 0.2) is 54.1 Å². The van der Waals surface area contributed by atoms with E-state index >= 15 is 0 Å². The molecule has 2 heterocycles. The summed E-state index contributed by atoms with van der Waals surface area (Å²) in [5.74, 6) is -0.689. The fourth-order valence-electron chi connectivity index (χ4n) is 3.68. The molecule has 0 bridgehead atoms. The van der Waals surface area contributed by atoms with Crippen LogP contribution in [-0.2, 0) is 9.59 Å². The van der Waals surface area contributed by atoms with Crippen molar-refractivity contribution in [1.29, 1.82) is 0 Å². The van der Waals surface area contributed by atoms with E-state index in [0.717, 1.165) is 10.6 Å². The second kappa shape index (κ2) is 8.47. The Balaban J connectivity index is 1.96. The van der Waals surface area contributed by atoms with Gasteiger partial charge in [0.25, 0.3) is 5.78 Å². The Morgan fingerprint density at radius 1 is 1.03 bits per heavy atom. The van der Waals surface area contributed by atoms with Gasteiger partial charge in [0.2, 0.25) is 0 Å². The Bertz CT molecular complexity index is 1210. The number of methoxy groups -OCH3 is 2. The van der Waals surface area contributed by atoms with Crippen LogP contribution in [0.5, 0.6) is 11.5 Å². The van der Waals surface area contributed by atoms with Crippen molar-refractivity contribution >= 4 is 33.9 Å². The van der Waals surface area contributed by atoms with E-state index in [0.29, 0.717) is 27.8 Å². The molecule has 1 atom stereocenters. The predicted octanol–water partition coefficient (Wildman–Crippen LogP) is 4.40. The van der Waals surface area contributed by atoms with E-state index in [-0.39, 0.29) is 11.3 Å². The maximum Gasteiger partial charge on any atom is 0.301 e. The van der Waals surface area contributed by atoms with Crippen LogP contribution in [0.3, 0.4) is 0 Å². The molecule has 0 aliphatic carbocycles. The molecule has 1 fully saturated rings. The number of thiazole rings is 1. The molecular formula is C24H22N2O5S. The van der Waals surface area contributed by atoms with Crippen LogP contribution < -0.4 is 14.4 Å². The Kier molecular flexibility index (Phi) is 5.71. The van der Waals surface area contributed by atoms with Crippen molar-refractivity contribution < 1.29 is 24.2 Å².